The molecule has 0 N–H and O–H groups in total. The van der Waals surface area contributed by atoms with Crippen LogP contribution in [0.25, 0.3) is 0 Å². The Morgan fingerprint density at radius 2 is 2.00 bits per heavy atom. The summed E-state index contributed by atoms with van der Waals surface area (Å²) in [5.41, 5.74) is 2.10. The highest BCUT2D eigenvalue weighted by atomic mass is 79.9. The molecule has 1 aromatic heterocycles. The first-order valence-electron chi connectivity index (χ1n) is 5.71. The molecule has 0 aliphatic carbocycles. The van der Waals surface area contributed by atoms with Crippen molar-refractivity contribution in [1.29, 1.82) is 0 Å². The minimum atomic E-state index is 0.493. The molecule has 5 heteroatoms. The summed E-state index contributed by atoms with van der Waals surface area (Å²) in [6.45, 7) is 2.58. The maximum absolute atomic E-state index is 5.80. The molecule has 18 heavy (non-hydrogen) atoms. The molecule has 2 rings (SSSR count). The monoisotopic (exact) mass is 372 g/mol. The summed E-state index contributed by atoms with van der Waals surface area (Å²) in [5.74, 6) is 0.837. The molecule has 96 valence electrons. The largest absolute Gasteiger partial charge is 0.486 e. The third-order valence-electron chi connectivity index (χ3n) is 2.70. The smallest absolute Gasteiger partial charge is 0.134 e. The molecule has 0 bridgehead atoms. The number of benzene rings is 1. The Morgan fingerprint density at radius 3 is 2.61 bits per heavy atom. The lowest BCUT2D eigenvalue weighted by Crippen LogP contribution is -2.03. The molecule has 0 unspecified atom stereocenters. The molecular formula is C13H14Br2N2O. The summed E-state index contributed by atoms with van der Waals surface area (Å²) in [5, 5.41) is 4.44. The lowest BCUT2D eigenvalue weighted by atomic mass is 10.3. The maximum atomic E-state index is 5.80. The Hall–Kier alpha value is -0.810. The number of aryl methyl sites for hydroxylation is 2. The Labute approximate surface area is 123 Å². The van der Waals surface area contributed by atoms with Crippen molar-refractivity contribution in [3.05, 3.63) is 44.6 Å². The molecule has 0 atom stereocenters. The standard InChI is InChI=1S/C13H14Br2N2O/c1-3-10-13(15)11(17(2)16-10)8-18-12-7-5-4-6-9(12)14/h4-7H,3,8H2,1-2H3. The van der Waals surface area contributed by atoms with Crippen molar-refractivity contribution in [1.82, 2.24) is 9.78 Å². The van der Waals surface area contributed by atoms with Crippen molar-refractivity contribution in [2.24, 2.45) is 7.05 Å². The zero-order chi connectivity index (χ0) is 13.1. The van der Waals surface area contributed by atoms with Gasteiger partial charge in [-0.05, 0) is 50.4 Å². The van der Waals surface area contributed by atoms with E-state index in [1.807, 2.05) is 36.0 Å². The van der Waals surface area contributed by atoms with E-state index in [2.05, 4.69) is 43.9 Å². The number of halogens is 2. The van der Waals surface area contributed by atoms with E-state index in [0.29, 0.717) is 6.61 Å². The first-order chi connectivity index (χ1) is 8.63. The molecule has 0 saturated carbocycles. The number of nitrogens with zero attached hydrogens (tertiary/aromatic N) is 2. The zero-order valence-electron chi connectivity index (χ0n) is 10.3. The van der Waals surface area contributed by atoms with E-state index in [1.54, 1.807) is 0 Å². The fourth-order valence-electron chi connectivity index (χ4n) is 1.68. The Bertz CT molecular complexity index is 552. The fourth-order valence-corrected chi connectivity index (χ4v) is 2.81. The van der Waals surface area contributed by atoms with Crippen molar-refractivity contribution in [2.75, 3.05) is 0 Å². The van der Waals surface area contributed by atoms with Crippen molar-refractivity contribution in [3.63, 3.8) is 0 Å². The predicted molar refractivity (Wildman–Crippen MR) is 78.8 cm³/mol. The van der Waals surface area contributed by atoms with Crippen LogP contribution in [-0.4, -0.2) is 9.78 Å². The van der Waals surface area contributed by atoms with E-state index < -0.39 is 0 Å². The Balaban J connectivity index is 2.16. The second kappa shape index (κ2) is 5.89. The summed E-state index contributed by atoms with van der Waals surface area (Å²) in [7, 11) is 1.93. The van der Waals surface area contributed by atoms with Gasteiger partial charge in [0.05, 0.1) is 20.3 Å². The van der Waals surface area contributed by atoms with Crippen LogP contribution < -0.4 is 4.74 Å². The van der Waals surface area contributed by atoms with Gasteiger partial charge in [-0.3, -0.25) is 4.68 Å². The second-order valence-corrected chi connectivity index (χ2v) is 5.55. The number of para-hydroxylation sites is 1. The molecule has 3 nitrogen and oxygen atoms in total. The van der Waals surface area contributed by atoms with Gasteiger partial charge >= 0.3 is 0 Å². The summed E-state index contributed by atoms with van der Waals surface area (Å²) >= 11 is 7.05. The molecular weight excluding hydrogens is 360 g/mol. The van der Waals surface area contributed by atoms with Gasteiger partial charge in [-0.25, -0.2) is 0 Å². The topological polar surface area (TPSA) is 27.1 Å². The van der Waals surface area contributed by atoms with Gasteiger partial charge in [0.2, 0.25) is 0 Å². The second-order valence-electron chi connectivity index (χ2n) is 3.90. The summed E-state index contributed by atoms with van der Waals surface area (Å²) in [6.07, 6.45) is 0.906. The quantitative estimate of drug-likeness (QED) is 0.807. The van der Waals surface area contributed by atoms with Gasteiger partial charge < -0.3 is 4.74 Å². The van der Waals surface area contributed by atoms with Crippen LogP contribution in [0.5, 0.6) is 5.75 Å². The highest BCUT2D eigenvalue weighted by molar-refractivity contribution is 9.10. The minimum Gasteiger partial charge on any atom is -0.486 e. The third kappa shape index (κ3) is 2.78. The van der Waals surface area contributed by atoms with Gasteiger partial charge in [0.15, 0.2) is 0 Å². The highest BCUT2D eigenvalue weighted by Gasteiger charge is 2.13. The van der Waals surface area contributed by atoms with Crippen molar-refractivity contribution in [3.8, 4) is 5.75 Å². The van der Waals surface area contributed by atoms with E-state index >= 15 is 0 Å². The SMILES string of the molecule is CCc1nn(C)c(COc2ccccc2Br)c1Br. The van der Waals surface area contributed by atoms with E-state index in [4.69, 9.17) is 4.74 Å². The molecule has 1 aromatic carbocycles. The van der Waals surface area contributed by atoms with Crippen LogP contribution >= 0.6 is 31.9 Å². The highest BCUT2D eigenvalue weighted by Crippen LogP contribution is 2.27. The van der Waals surface area contributed by atoms with Crippen LogP contribution in [0, 0.1) is 0 Å². The summed E-state index contributed by atoms with van der Waals surface area (Å²) in [4.78, 5) is 0. The van der Waals surface area contributed by atoms with Gasteiger partial charge in [-0.15, -0.1) is 0 Å². The average molecular weight is 374 g/mol. The van der Waals surface area contributed by atoms with Crippen molar-refractivity contribution in [2.45, 2.75) is 20.0 Å². The maximum Gasteiger partial charge on any atom is 0.134 e. The van der Waals surface area contributed by atoms with Crippen LogP contribution in [-0.2, 0) is 20.1 Å². The molecule has 0 radical (unpaired) electrons. The molecule has 0 aliphatic rings. The van der Waals surface area contributed by atoms with Crippen molar-refractivity contribution < 1.29 is 4.74 Å². The van der Waals surface area contributed by atoms with Gasteiger partial charge in [0.1, 0.15) is 12.4 Å². The van der Waals surface area contributed by atoms with Crippen LogP contribution in [0.4, 0.5) is 0 Å². The minimum absolute atomic E-state index is 0.493. The fraction of sp³-hybridized carbons (Fsp3) is 0.308. The van der Waals surface area contributed by atoms with Gasteiger partial charge in [0.25, 0.3) is 0 Å². The normalized spacial score (nSPS) is 10.7. The third-order valence-corrected chi connectivity index (χ3v) is 4.27. The van der Waals surface area contributed by atoms with Crippen molar-refractivity contribution >= 4 is 31.9 Å². The van der Waals surface area contributed by atoms with Gasteiger partial charge in [0, 0.05) is 7.05 Å². The Morgan fingerprint density at radius 1 is 1.28 bits per heavy atom. The van der Waals surface area contributed by atoms with Crippen LogP contribution in [0.15, 0.2) is 33.2 Å². The molecule has 0 fully saturated rings. The molecule has 0 aliphatic heterocycles. The first-order valence-corrected chi connectivity index (χ1v) is 7.29. The molecule has 0 amide bonds. The average Bonchev–Trinajstić information content (AvgIpc) is 2.64. The Kier molecular flexibility index (Phi) is 4.45. The summed E-state index contributed by atoms with van der Waals surface area (Å²) in [6, 6.07) is 7.82. The molecule has 0 spiro atoms. The summed E-state index contributed by atoms with van der Waals surface area (Å²) < 4.78 is 9.66. The van der Waals surface area contributed by atoms with Crippen LogP contribution in [0.2, 0.25) is 0 Å². The lowest BCUT2D eigenvalue weighted by molar-refractivity contribution is 0.292. The zero-order valence-corrected chi connectivity index (χ0v) is 13.5. The first kappa shape index (κ1) is 13.6. The number of hydrogen-bond acceptors (Lipinski definition) is 2. The predicted octanol–water partition coefficient (Wildman–Crippen LogP) is 4.09. The lowest BCUT2D eigenvalue weighted by Gasteiger charge is -2.08. The number of rotatable bonds is 4. The van der Waals surface area contributed by atoms with E-state index in [1.165, 1.54) is 0 Å². The van der Waals surface area contributed by atoms with Crippen LogP contribution in [0.3, 0.4) is 0 Å². The molecule has 1 heterocycles. The number of hydrogen-bond donors (Lipinski definition) is 0. The van der Waals surface area contributed by atoms with E-state index in [-0.39, 0.29) is 0 Å². The molecule has 2 aromatic rings. The van der Waals surface area contributed by atoms with Gasteiger partial charge in [-0.2, -0.15) is 5.10 Å². The van der Waals surface area contributed by atoms with Crippen LogP contribution in [0.1, 0.15) is 18.3 Å². The van der Waals surface area contributed by atoms with E-state index in [9.17, 15) is 0 Å². The number of aromatic nitrogens is 2. The van der Waals surface area contributed by atoms with Gasteiger partial charge in [-0.1, -0.05) is 19.1 Å². The number of ether oxygens (including phenoxy) is 1. The van der Waals surface area contributed by atoms with E-state index in [0.717, 1.165) is 32.5 Å². The molecule has 0 saturated heterocycles.